The Morgan fingerprint density at radius 1 is 1.25 bits per heavy atom. The number of nitriles is 1. The molecule has 3 rings (SSSR count). The molecule has 1 aliphatic heterocycles. The van der Waals surface area contributed by atoms with Gasteiger partial charge in [0.2, 0.25) is 5.91 Å². The second kappa shape index (κ2) is 9.57. The highest BCUT2D eigenvalue weighted by Gasteiger charge is 2.28. The lowest BCUT2D eigenvalue weighted by molar-refractivity contribution is -0.120. The normalized spacial score (nSPS) is 17.7. The molecule has 1 aliphatic rings. The van der Waals surface area contributed by atoms with Gasteiger partial charge in [-0.15, -0.1) is 0 Å². The van der Waals surface area contributed by atoms with Crippen LogP contribution in [-0.2, 0) is 4.79 Å². The molecule has 2 aromatic rings. The van der Waals surface area contributed by atoms with E-state index >= 15 is 0 Å². The minimum absolute atomic E-state index is 0.0405. The van der Waals surface area contributed by atoms with Gasteiger partial charge in [0.05, 0.1) is 31.3 Å². The standard InChI is InChI=1S/C23H29N3O2/c1-18-14-19(2)16-20(15-18)26(12-7-10-24)23(27)17-25-11-5-3-4-8-21(25)22-9-6-13-28-22/h6,9,13-16,21H,3-5,7-8,11-12,17H2,1-2H3. The van der Waals surface area contributed by atoms with Crippen LogP contribution in [0, 0.1) is 25.2 Å². The lowest BCUT2D eigenvalue weighted by Crippen LogP contribution is -2.42. The number of carbonyl (C=O) groups excluding carboxylic acids is 1. The molecule has 148 valence electrons. The molecular formula is C23H29N3O2. The first kappa shape index (κ1) is 20.2. The largest absolute Gasteiger partial charge is 0.468 e. The Hall–Kier alpha value is -2.58. The molecule has 0 saturated carbocycles. The van der Waals surface area contributed by atoms with E-state index in [9.17, 15) is 4.79 Å². The average molecular weight is 380 g/mol. The van der Waals surface area contributed by atoms with Gasteiger partial charge in [0, 0.05) is 12.2 Å². The third-order valence-electron chi connectivity index (χ3n) is 5.34. The van der Waals surface area contributed by atoms with Crippen LogP contribution in [0.15, 0.2) is 41.0 Å². The predicted molar refractivity (Wildman–Crippen MR) is 110 cm³/mol. The van der Waals surface area contributed by atoms with Gasteiger partial charge in [-0.05, 0) is 68.6 Å². The number of rotatable bonds is 6. The smallest absolute Gasteiger partial charge is 0.241 e. The molecule has 0 bridgehead atoms. The van der Waals surface area contributed by atoms with Gasteiger partial charge < -0.3 is 9.32 Å². The Labute approximate surface area is 167 Å². The average Bonchev–Trinajstić information content (AvgIpc) is 3.08. The summed E-state index contributed by atoms with van der Waals surface area (Å²) >= 11 is 0. The molecule has 0 N–H and O–H groups in total. The van der Waals surface area contributed by atoms with Crippen LogP contribution in [0.25, 0.3) is 0 Å². The van der Waals surface area contributed by atoms with E-state index in [0.717, 1.165) is 48.4 Å². The van der Waals surface area contributed by atoms with E-state index in [4.69, 9.17) is 9.68 Å². The summed E-state index contributed by atoms with van der Waals surface area (Å²) < 4.78 is 5.67. The molecule has 0 radical (unpaired) electrons. The minimum atomic E-state index is 0.0405. The van der Waals surface area contributed by atoms with E-state index in [1.807, 2.05) is 38.1 Å². The van der Waals surface area contributed by atoms with Gasteiger partial charge in [0.25, 0.3) is 0 Å². The Balaban J connectivity index is 1.82. The molecule has 1 saturated heterocycles. The van der Waals surface area contributed by atoms with Crippen LogP contribution in [0.3, 0.4) is 0 Å². The third-order valence-corrected chi connectivity index (χ3v) is 5.34. The van der Waals surface area contributed by atoms with Crippen molar-refractivity contribution in [2.45, 2.75) is 52.0 Å². The summed E-state index contributed by atoms with van der Waals surface area (Å²) in [6, 6.07) is 12.4. The quantitative estimate of drug-likeness (QED) is 0.726. The number of aryl methyl sites for hydroxylation is 2. The maximum Gasteiger partial charge on any atom is 0.241 e. The molecular weight excluding hydrogens is 350 g/mol. The van der Waals surface area contributed by atoms with Crippen LogP contribution >= 0.6 is 0 Å². The molecule has 1 fully saturated rings. The summed E-state index contributed by atoms with van der Waals surface area (Å²) in [5.41, 5.74) is 3.11. The number of likely N-dealkylation sites (tertiary alicyclic amines) is 1. The zero-order valence-corrected chi connectivity index (χ0v) is 16.9. The van der Waals surface area contributed by atoms with Crippen LogP contribution in [0.2, 0.25) is 0 Å². The summed E-state index contributed by atoms with van der Waals surface area (Å²) in [6.45, 7) is 5.70. The Bertz CT molecular complexity index is 803. The second-order valence-electron chi connectivity index (χ2n) is 7.65. The molecule has 0 aliphatic carbocycles. The van der Waals surface area contributed by atoms with E-state index in [1.165, 1.54) is 6.42 Å². The lowest BCUT2D eigenvalue weighted by Gasteiger charge is -2.31. The van der Waals surface area contributed by atoms with E-state index in [2.05, 4.69) is 17.0 Å². The molecule has 0 spiro atoms. The highest BCUT2D eigenvalue weighted by atomic mass is 16.3. The number of furan rings is 1. The van der Waals surface area contributed by atoms with E-state index in [0.29, 0.717) is 19.5 Å². The van der Waals surface area contributed by atoms with Gasteiger partial charge in [-0.1, -0.05) is 18.9 Å². The van der Waals surface area contributed by atoms with Crippen LogP contribution in [0.1, 0.15) is 55.0 Å². The molecule has 1 aromatic heterocycles. The number of nitrogens with zero attached hydrogens (tertiary/aromatic N) is 3. The van der Waals surface area contributed by atoms with Crippen molar-refractivity contribution in [3.8, 4) is 6.07 Å². The zero-order chi connectivity index (χ0) is 19.9. The van der Waals surface area contributed by atoms with Gasteiger partial charge >= 0.3 is 0 Å². The summed E-state index contributed by atoms with van der Waals surface area (Å²) in [4.78, 5) is 17.3. The predicted octanol–water partition coefficient (Wildman–Crippen LogP) is 4.76. The number of carbonyl (C=O) groups is 1. The first-order valence-corrected chi connectivity index (χ1v) is 10.1. The minimum Gasteiger partial charge on any atom is -0.468 e. The fraction of sp³-hybridized carbons (Fsp3) is 0.478. The van der Waals surface area contributed by atoms with Gasteiger partial charge in [-0.3, -0.25) is 9.69 Å². The fourth-order valence-corrected chi connectivity index (χ4v) is 4.09. The highest BCUT2D eigenvalue weighted by Crippen LogP contribution is 2.30. The maximum atomic E-state index is 13.3. The summed E-state index contributed by atoms with van der Waals surface area (Å²) in [5.74, 6) is 0.975. The van der Waals surface area contributed by atoms with Crippen molar-refractivity contribution in [3.05, 3.63) is 53.5 Å². The lowest BCUT2D eigenvalue weighted by atomic mass is 10.1. The van der Waals surface area contributed by atoms with E-state index < -0.39 is 0 Å². The third kappa shape index (κ3) is 5.02. The molecule has 1 amide bonds. The van der Waals surface area contributed by atoms with Crippen LogP contribution < -0.4 is 4.90 Å². The molecule has 1 atom stereocenters. The van der Waals surface area contributed by atoms with Crippen molar-refractivity contribution in [2.24, 2.45) is 0 Å². The molecule has 2 heterocycles. The van der Waals surface area contributed by atoms with Gasteiger partial charge in [-0.25, -0.2) is 0 Å². The van der Waals surface area contributed by atoms with Crippen molar-refractivity contribution < 1.29 is 9.21 Å². The number of benzene rings is 1. The number of hydrogen-bond donors (Lipinski definition) is 0. The first-order valence-electron chi connectivity index (χ1n) is 10.1. The zero-order valence-electron chi connectivity index (χ0n) is 16.9. The first-order chi connectivity index (χ1) is 13.6. The number of hydrogen-bond acceptors (Lipinski definition) is 4. The van der Waals surface area contributed by atoms with Gasteiger partial charge in [0.15, 0.2) is 0 Å². The summed E-state index contributed by atoms with van der Waals surface area (Å²) in [6.07, 6.45) is 6.44. The van der Waals surface area contributed by atoms with Crippen LogP contribution in [0.5, 0.6) is 0 Å². The Morgan fingerprint density at radius 2 is 2.04 bits per heavy atom. The monoisotopic (exact) mass is 379 g/mol. The van der Waals surface area contributed by atoms with Gasteiger partial charge in [-0.2, -0.15) is 5.26 Å². The Kier molecular flexibility index (Phi) is 6.89. The number of anilines is 1. The Morgan fingerprint density at radius 3 is 2.71 bits per heavy atom. The van der Waals surface area contributed by atoms with E-state index in [-0.39, 0.29) is 11.9 Å². The molecule has 1 aromatic carbocycles. The van der Waals surface area contributed by atoms with Crippen molar-refractivity contribution >= 4 is 11.6 Å². The van der Waals surface area contributed by atoms with Crippen molar-refractivity contribution in [3.63, 3.8) is 0 Å². The second-order valence-corrected chi connectivity index (χ2v) is 7.65. The van der Waals surface area contributed by atoms with Gasteiger partial charge in [0.1, 0.15) is 5.76 Å². The SMILES string of the molecule is Cc1cc(C)cc(N(CCC#N)C(=O)CN2CCCCCC2c2ccco2)c1. The van der Waals surface area contributed by atoms with Crippen molar-refractivity contribution in [1.29, 1.82) is 5.26 Å². The van der Waals surface area contributed by atoms with Crippen LogP contribution in [0.4, 0.5) is 5.69 Å². The van der Waals surface area contributed by atoms with Crippen molar-refractivity contribution in [1.82, 2.24) is 4.90 Å². The maximum absolute atomic E-state index is 13.3. The molecule has 28 heavy (non-hydrogen) atoms. The molecule has 5 nitrogen and oxygen atoms in total. The van der Waals surface area contributed by atoms with Crippen molar-refractivity contribution in [2.75, 3.05) is 24.5 Å². The fourth-order valence-electron chi connectivity index (χ4n) is 4.09. The highest BCUT2D eigenvalue weighted by molar-refractivity contribution is 5.95. The molecule has 1 unspecified atom stereocenters. The topological polar surface area (TPSA) is 60.5 Å². The summed E-state index contributed by atoms with van der Waals surface area (Å²) in [5, 5.41) is 9.07. The summed E-state index contributed by atoms with van der Waals surface area (Å²) in [7, 11) is 0. The van der Waals surface area contributed by atoms with E-state index in [1.54, 1.807) is 11.2 Å². The number of amides is 1. The van der Waals surface area contributed by atoms with Crippen LogP contribution in [-0.4, -0.2) is 30.4 Å². The molecule has 5 heteroatoms.